The normalized spacial score (nSPS) is 10.9. The van der Waals surface area contributed by atoms with Crippen molar-refractivity contribution in [3.63, 3.8) is 0 Å². The SMILES string of the molecule is COCCc1cccc2[nH]c(=O)[nH]c12. The van der Waals surface area contributed by atoms with Gasteiger partial charge in [-0.3, -0.25) is 0 Å². The zero-order valence-electron chi connectivity index (χ0n) is 7.96. The summed E-state index contributed by atoms with van der Waals surface area (Å²) in [6, 6.07) is 5.80. The first-order valence-electron chi connectivity index (χ1n) is 4.50. The van der Waals surface area contributed by atoms with Crippen LogP contribution >= 0.6 is 0 Å². The fourth-order valence-corrected chi connectivity index (χ4v) is 1.54. The molecular formula is C10H12N2O2. The molecule has 14 heavy (non-hydrogen) atoms. The van der Waals surface area contributed by atoms with Gasteiger partial charge in [0.2, 0.25) is 0 Å². The van der Waals surface area contributed by atoms with Gasteiger partial charge in [0.05, 0.1) is 17.6 Å². The van der Waals surface area contributed by atoms with Crippen LogP contribution in [-0.2, 0) is 11.2 Å². The number of para-hydroxylation sites is 1. The van der Waals surface area contributed by atoms with Crippen LogP contribution in [0.5, 0.6) is 0 Å². The van der Waals surface area contributed by atoms with E-state index in [-0.39, 0.29) is 5.69 Å². The summed E-state index contributed by atoms with van der Waals surface area (Å²) in [6.07, 6.45) is 0.807. The number of aromatic amines is 2. The van der Waals surface area contributed by atoms with E-state index in [9.17, 15) is 4.79 Å². The maximum atomic E-state index is 11.1. The number of rotatable bonds is 3. The van der Waals surface area contributed by atoms with Gasteiger partial charge >= 0.3 is 5.69 Å². The molecule has 0 bridgehead atoms. The lowest BCUT2D eigenvalue weighted by Gasteiger charge is -2.00. The van der Waals surface area contributed by atoms with Crippen molar-refractivity contribution in [1.29, 1.82) is 0 Å². The minimum Gasteiger partial charge on any atom is -0.384 e. The predicted octanol–water partition coefficient (Wildman–Crippen LogP) is 1.05. The number of fused-ring (bicyclic) bond motifs is 1. The second kappa shape index (κ2) is 3.67. The summed E-state index contributed by atoms with van der Waals surface area (Å²) in [5.41, 5.74) is 2.67. The zero-order valence-corrected chi connectivity index (χ0v) is 7.96. The summed E-state index contributed by atoms with van der Waals surface area (Å²) >= 11 is 0. The van der Waals surface area contributed by atoms with E-state index in [0.717, 1.165) is 23.0 Å². The summed E-state index contributed by atoms with van der Waals surface area (Å²) in [4.78, 5) is 16.6. The molecular weight excluding hydrogens is 180 g/mol. The van der Waals surface area contributed by atoms with E-state index in [2.05, 4.69) is 9.97 Å². The van der Waals surface area contributed by atoms with E-state index in [4.69, 9.17) is 4.74 Å². The Bertz CT molecular complexity index is 484. The lowest BCUT2D eigenvalue weighted by molar-refractivity contribution is 0.202. The predicted molar refractivity (Wildman–Crippen MR) is 54.5 cm³/mol. The highest BCUT2D eigenvalue weighted by Crippen LogP contribution is 2.13. The number of aromatic nitrogens is 2. The highest BCUT2D eigenvalue weighted by Gasteiger charge is 2.02. The van der Waals surface area contributed by atoms with Crippen molar-refractivity contribution < 1.29 is 4.74 Å². The molecule has 2 N–H and O–H groups in total. The van der Waals surface area contributed by atoms with Crippen molar-refractivity contribution >= 4 is 11.0 Å². The van der Waals surface area contributed by atoms with Gasteiger partial charge in [0.25, 0.3) is 0 Å². The minimum absolute atomic E-state index is 0.162. The Hall–Kier alpha value is -1.55. The molecule has 74 valence electrons. The van der Waals surface area contributed by atoms with Crippen molar-refractivity contribution in [2.75, 3.05) is 13.7 Å². The van der Waals surface area contributed by atoms with Gasteiger partial charge in [0.15, 0.2) is 0 Å². The molecule has 4 heteroatoms. The Morgan fingerprint density at radius 1 is 1.36 bits per heavy atom. The van der Waals surface area contributed by atoms with E-state index in [1.54, 1.807) is 7.11 Å². The van der Waals surface area contributed by atoms with E-state index < -0.39 is 0 Å². The second-order valence-electron chi connectivity index (χ2n) is 3.16. The highest BCUT2D eigenvalue weighted by atomic mass is 16.5. The maximum Gasteiger partial charge on any atom is 0.323 e. The summed E-state index contributed by atoms with van der Waals surface area (Å²) < 4.78 is 5.00. The molecule has 4 nitrogen and oxygen atoms in total. The Morgan fingerprint density at radius 2 is 2.21 bits per heavy atom. The Balaban J connectivity index is 2.47. The quantitative estimate of drug-likeness (QED) is 0.763. The lowest BCUT2D eigenvalue weighted by Crippen LogP contribution is -2.00. The number of hydrogen-bond acceptors (Lipinski definition) is 2. The first kappa shape index (κ1) is 9.02. The molecule has 0 atom stereocenters. The van der Waals surface area contributed by atoms with Gasteiger partial charge in [0, 0.05) is 7.11 Å². The highest BCUT2D eigenvalue weighted by molar-refractivity contribution is 5.78. The molecule has 2 aromatic rings. The van der Waals surface area contributed by atoms with Crippen molar-refractivity contribution in [3.8, 4) is 0 Å². The smallest absolute Gasteiger partial charge is 0.323 e. The molecule has 0 saturated heterocycles. The van der Waals surface area contributed by atoms with E-state index in [0.29, 0.717) is 6.61 Å². The Morgan fingerprint density at radius 3 is 3.00 bits per heavy atom. The third-order valence-corrected chi connectivity index (χ3v) is 2.21. The molecule has 0 aliphatic heterocycles. The van der Waals surface area contributed by atoms with Gasteiger partial charge in [-0.15, -0.1) is 0 Å². The van der Waals surface area contributed by atoms with Crippen LogP contribution in [0, 0.1) is 0 Å². The van der Waals surface area contributed by atoms with Crippen molar-refractivity contribution in [2.45, 2.75) is 6.42 Å². The van der Waals surface area contributed by atoms with Gasteiger partial charge in [0.1, 0.15) is 0 Å². The van der Waals surface area contributed by atoms with Crippen LogP contribution < -0.4 is 5.69 Å². The molecule has 0 unspecified atom stereocenters. The molecule has 0 saturated carbocycles. The Labute approximate surface area is 80.9 Å². The summed E-state index contributed by atoms with van der Waals surface area (Å²) in [5, 5.41) is 0. The van der Waals surface area contributed by atoms with Gasteiger partial charge in [-0.25, -0.2) is 4.79 Å². The molecule has 0 spiro atoms. The summed E-state index contributed by atoms with van der Waals surface area (Å²) in [6.45, 7) is 0.659. The van der Waals surface area contributed by atoms with E-state index >= 15 is 0 Å². The second-order valence-corrected chi connectivity index (χ2v) is 3.16. The number of nitrogens with one attached hydrogen (secondary N) is 2. The molecule has 0 radical (unpaired) electrons. The maximum absolute atomic E-state index is 11.1. The van der Waals surface area contributed by atoms with E-state index in [1.165, 1.54) is 0 Å². The van der Waals surface area contributed by atoms with Crippen LogP contribution in [0.4, 0.5) is 0 Å². The zero-order chi connectivity index (χ0) is 9.97. The molecule has 2 rings (SSSR count). The first-order chi connectivity index (χ1) is 6.81. The van der Waals surface area contributed by atoms with Gasteiger partial charge < -0.3 is 14.7 Å². The average molecular weight is 192 g/mol. The number of H-pyrrole nitrogens is 2. The summed E-state index contributed by atoms with van der Waals surface area (Å²) in [7, 11) is 1.67. The fraction of sp³-hybridized carbons (Fsp3) is 0.300. The standard InChI is InChI=1S/C10H12N2O2/c1-14-6-5-7-3-2-4-8-9(7)12-10(13)11-8/h2-4H,5-6H2,1H3,(H2,11,12,13). The lowest BCUT2D eigenvalue weighted by atomic mass is 10.1. The van der Waals surface area contributed by atoms with Crippen LogP contribution in [0.15, 0.2) is 23.0 Å². The van der Waals surface area contributed by atoms with Crippen LogP contribution in [-0.4, -0.2) is 23.7 Å². The molecule has 1 aromatic carbocycles. The van der Waals surface area contributed by atoms with Gasteiger partial charge in [-0.2, -0.15) is 0 Å². The topological polar surface area (TPSA) is 57.9 Å². The van der Waals surface area contributed by atoms with Crippen molar-refractivity contribution in [3.05, 3.63) is 34.2 Å². The minimum atomic E-state index is -0.162. The van der Waals surface area contributed by atoms with Crippen LogP contribution in [0.2, 0.25) is 0 Å². The van der Waals surface area contributed by atoms with Gasteiger partial charge in [-0.05, 0) is 18.1 Å². The van der Waals surface area contributed by atoms with Crippen LogP contribution in [0.3, 0.4) is 0 Å². The number of imidazole rings is 1. The van der Waals surface area contributed by atoms with Crippen LogP contribution in [0.25, 0.3) is 11.0 Å². The molecule has 0 amide bonds. The molecule has 0 fully saturated rings. The fourth-order valence-electron chi connectivity index (χ4n) is 1.54. The monoisotopic (exact) mass is 192 g/mol. The van der Waals surface area contributed by atoms with Crippen molar-refractivity contribution in [2.24, 2.45) is 0 Å². The molecule has 1 heterocycles. The number of ether oxygens (including phenoxy) is 1. The summed E-state index contributed by atoms with van der Waals surface area (Å²) in [5.74, 6) is 0. The number of benzene rings is 1. The first-order valence-corrected chi connectivity index (χ1v) is 4.50. The molecule has 0 aliphatic carbocycles. The molecule has 0 aliphatic rings. The number of methoxy groups -OCH3 is 1. The number of hydrogen-bond donors (Lipinski definition) is 2. The average Bonchev–Trinajstić information content (AvgIpc) is 2.55. The largest absolute Gasteiger partial charge is 0.384 e. The van der Waals surface area contributed by atoms with E-state index in [1.807, 2.05) is 18.2 Å². The van der Waals surface area contributed by atoms with Crippen molar-refractivity contribution in [1.82, 2.24) is 9.97 Å². The molecule has 1 aromatic heterocycles. The third kappa shape index (κ3) is 1.56. The third-order valence-electron chi connectivity index (χ3n) is 2.21. The van der Waals surface area contributed by atoms with Gasteiger partial charge in [-0.1, -0.05) is 12.1 Å². The van der Waals surface area contributed by atoms with Crippen LogP contribution in [0.1, 0.15) is 5.56 Å². The Kier molecular flexibility index (Phi) is 2.37.